The Kier molecular flexibility index (Phi) is 49.0. The highest BCUT2D eigenvalue weighted by atomic mass is 32.2. The standard InChI is InChI=1S/C68H119NO16S/c1-6-9-12-15-18-21-24-27-30-33-36-39-42-45-48-51-61(72)83-56-66(57-84-62(73)52-49-46-43-40-37-34-31-28-25-22-19-16-13-10-7-2,58-85-63(74)53-50-47-44-41-38-35-32-29-26-23-20-17-14-11-8-3)69(54-55-86(80,81)82)64(75)67(78,59(4)70)68(79,60(5)71)65(76)77/h27-32,78-79H,6-26,33-58H2,1-5H3,(H,76,77)(H,80,81,82)/t66?,67-,68-/m0/s1. The molecule has 0 fully saturated rings. The molecule has 4 N–H and O–H groups in total. The zero-order valence-electron chi connectivity index (χ0n) is 54.2. The number of amides is 1. The summed E-state index contributed by atoms with van der Waals surface area (Å²) in [5.41, 5.74) is -11.0. The van der Waals surface area contributed by atoms with Gasteiger partial charge in [0.25, 0.3) is 21.6 Å². The number of Topliss-reactive ketones (excluding diaryl/α,β-unsaturated/α-hetero) is 2. The van der Waals surface area contributed by atoms with Gasteiger partial charge in [0, 0.05) is 25.8 Å². The van der Waals surface area contributed by atoms with E-state index in [1.807, 2.05) is 0 Å². The van der Waals surface area contributed by atoms with E-state index >= 15 is 4.79 Å². The number of ketones is 2. The maximum absolute atomic E-state index is 15.0. The van der Waals surface area contributed by atoms with E-state index < -0.39 is 100 Å². The molecule has 0 aromatic carbocycles. The second-order valence-corrected chi connectivity index (χ2v) is 25.4. The van der Waals surface area contributed by atoms with E-state index in [0.29, 0.717) is 52.4 Å². The lowest BCUT2D eigenvalue weighted by Crippen LogP contribution is -2.76. The average Bonchev–Trinajstić information content (AvgIpc) is 0.806. The molecule has 0 radical (unpaired) electrons. The van der Waals surface area contributed by atoms with E-state index in [2.05, 4.69) is 57.2 Å². The van der Waals surface area contributed by atoms with Gasteiger partial charge in [0.2, 0.25) is 5.60 Å². The predicted molar refractivity (Wildman–Crippen MR) is 341 cm³/mol. The Labute approximate surface area is 519 Å². The normalized spacial score (nSPS) is 14.0. The maximum Gasteiger partial charge on any atom is 0.347 e. The Morgan fingerprint density at radius 3 is 0.872 bits per heavy atom. The third kappa shape index (κ3) is 38.2. The van der Waals surface area contributed by atoms with Gasteiger partial charge in [0.15, 0.2) is 11.6 Å². The van der Waals surface area contributed by atoms with Crippen molar-refractivity contribution in [3.8, 4) is 0 Å². The Bertz CT molecular complexity index is 1900. The fraction of sp³-hybridized carbons (Fsp3) is 0.809. The Morgan fingerprint density at radius 2 is 0.640 bits per heavy atom. The molecule has 0 saturated carbocycles. The zero-order chi connectivity index (χ0) is 64.2. The molecule has 0 aliphatic rings. The summed E-state index contributed by atoms with van der Waals surface area (Å²) in [4.78, 5) is 95.3. The average molecular weight is 1240 g/mol. The minimum atomic E-state index is -5.08. The molecule has 18 heteroatoms. The van der Waals surface area contributed by atoms with E-state index in [1.54, 1.807) is 0 Å². The molecule has 0 heterocycles. The van der Waals surface area contributed by atoms with Crippen LogP contribution in [0, 0.1) is 0 Å². The third-order valence-electron chi connectivity index (χ3n) is 16.0. The van der Waals surface area contributed by atoms with E-state index in [1.165, 1.54) is 116 Å². The van der Waals surface area contributed by atoms with Crippen molar-refractivity contribution in [3.63, 3.8) is 0 Å². The smallest absolute Gasteiger partial charge is 0.347 e. The van der Waals surface area contributed by atoms with Crippen LogP contribution in [0.25, 0.3) is 0 Å². The number of unbranched alkanes of at least 4 members (excludes halogenated alkanes) is 33. The molecule has 86 heavy (non-hydrogen) atoms. The molecule has 0 spiro atoms. The Morgan fingerprint density at radius 1 is 0.395 bits per heavy atom. The monoisotopic (exact) mass is 1240 g/mol. The Balaban J connectivity index is 6.62. The van der Waals surface area contributed by atoms with Crippen molar-refractivity contribution in [3.05, 3.63) is 36.5 Å². The summed E-state index contributed by atoms with van der Waals surface area (Å²) in [7, 11) is -5.08. The van der Waals surface area contributed by atoms with E-state index in [9.17, 15) is 57.1 Å². The van der Waals surface area contributed by atoms with Crippen molar-refractivity contribution in [1.82, 2.24) is 4.90 Å². The largest absolute Gasteiger partial charge is 0.479 e. The number of hydrogen-bond acceptors (Lipinski definition) is 14. The van der Waals surface area contributed by atoms with Crippen LogP contribution in [0.2, 0.25) is 0 Å². The minimum absolute atomic E-state index is 0.155. The maximum atomic E-state index is 15.0. The summed E-state index contributed by atoms with van der Waals surface area (Å²) >= 11 is 0. The second kappa shape index (κ2) is 51.6. The van der Waals surface area contributed by atoms with Crippen LogP contribution in [0.1, 0.15) is 304 Å². The highest BCUT2D eigenvalue weighted by Gasteiger charge is 2.69. The SMILES string of the molecule is CCCCCCCCC=CCCCCCCCC(=O)OCC(COC(=O)CCCCCCCC=CCCCCCCCC)(COC(=O)CCCCCCCC=CCCCCCCCC)N(CCS(=O)(=O)O)C(=O)[C@@](O)(C(C)=O)[C@](O)(C(C)=O)C(=O)O. The van der Waals surface area contributed by atoms with Gasteiger partial charge in [-0.3, -0.25) is 33.3 Å². The van der Waals surface area contributed by atoms with E-state index in [4.69, 9.17) is 14.2 Å². The third-order valence-corrected chi connectivity index (χ3v) is 16.7. The summed E-state index contributed by atoms with van der Waals surface area (Å²) in [6.07, 6.45) is 52.3. The summed E-state index contributed by atoms with van der Waals surface area (Å²) in [5, 5.41) is 33.6. The van der Waals surface area contributed by atoms with Gasteiger partial charge in [-0.05, 0) is 110 Å². The number of ether oxygens (including phenoxy) is 3. The van der Waals surface area contributed by atoms with Crippen LogP contribution in [0.3, 0.4) is 0 Å². The van der Waals surface area contributed by atoms with Gasteiger partial charge in [-0.1, -0.05) is 211 Å². The quantitative estimate of drug-likeness (QED) is 0.0110. The number of allylic oxidation sites excluding steroid dienone is 6. The van der Waals surface area contributed by atoms with Crippen LogP contribution in [-0.4, -0.2) is 123 Å². The molecule has 0 aromatic rings. The lowest BCUT2D eigenvalue weighted by molar-refractivity contribution is -0.209. The molecule has 0 bridgehead atoms. The van der Waals surface area contributed by atoms with Crippen molar-refractivity contribution in [1.29, 1.82) is 0 Å². The molecule has 0 aromatic heterocycles. The highest BCUT2D eigenvalue weighted by molar-refractivity contribution is 7.85. The van der Waals surface area contributed by atoms with Gasteiger partial charge in [-0.25, -0.2) is 4.79 Å². The first kappa shape index (κ1) is 81.7. The molecule has 0 aliphatic heterocycles. The van der Waals surface area contributed by atoms with Gasteiger partial charge >= 0.3 is 23.9 Å². The van der Waals surface area contributed by atoms with Crippen molar-refractivity contribution < 1.29 is 76.1 Å². The van der Waals surface area contributed by atoms with Crippen molar-refractivity contribution in [2.45, 2.75) is 321 Å². The summed E-state index contributed by atoms with van der Waals surface area (Å²) in [6.45, 7) is 3.18. The van der Waals surface area contributed by atoms with Crippen molar-refractivity contribution >= 4 is 51.5 Å². The molecule has 1 amide bonds. The molecule has 2 atom stereocenters. The number of esters is 3. The first-order valence-electron chi connectivity index (χ1n) is 33.6. The van der Waals surface area contributed by atoms with Crippen LogP contribution in [-0.2, 0) is 57.9 Å². The number of carboxylic acid groups (broad SMARTS) is 1. The van der Waals surface area contributed by atoms with Crippen LogP contribution in [0.5, 0.6) is 0 Å². The highest BCUT2D eigenvalue weighted by Crippen LogP contribution is 2.33. The number of carbonyl (C=O) groups excluding carboxylic acids is 6. The number of aliphatic carboxylic acids is 1. The fourth-order valence-corrected chi connectivity index (χ4v) is 10.7. The zero-order valence-corrected chi connectivity index (χ0v) is 55.1. The molecule has 0 aliphatic carbocycles. The van der Waals surface area contributed by atoms with E-state index in [0.717, 1.165) is 96.3 Å². The first-order chi connectivity index (χ1) is 41.2. The van der Waals surface area contributed by atoms with Crippen LogP contribution < -0.4 is 0 Å². The predicted octanol–water partition coefficient (Wildman–Crippen LogP) is 14.9. The van der Waals surface area contributed by atoms with Gasteiger partial charge in [0.05, 0.1) is 5.75 Å². The first-order valence-corrected chi connectivity index (χ1v) is 35.2. The number of aliphatic hydroxyl groups is 2. The molecular weight excluding hydrogens is 1120 g/mol. The lowest BCUT2D eigenvalue weighted by Gasteiger charge is -2.46. The Hall–Kier alpha value is -4.26. The lowest BCUT2D eigenvalue weighted by atomic mass is 9.75. The van der Waals surface area contributed by atoms with Gasteiger partial charge in [-0.15, -0.1) is 0 Å². The number of rotatable bonds is 60. The molecular formula is C68H119NO16S. The topological polar surface area (TPSA) is 265 Å². The molecule has 0 unspecified atom stereocenters. The number of hydrogen-bond donors (Lipinski definition) is 4. The van der Waals surface area contributed by atoms with Gasteiger partial charge in [-0.2, -0.15) is 8.42 Å². The summed E-state index contributed by atoms with van der Waals surface area (Å²) in [5.74, 6) is -12.1. The fourth-order valence-electron chi connectivity index (χ4n) is 10.3. The molecule has 0 saturated heterocycles. The van der Waals surface area contributed by atoms with Crippen LogP contribution in [0.4, 0.5) is 0 Å². The van der Waals surface area contributed by atoms with Crippen LogP contribution in [0.15, 0.2) is 36.5 Å². The van der Waals surface area contributed by atoms with Crippen molar-refractivity contribution in [2.75, 3.05) is 32.1 Å². The van der Waals surface area contributed by atoms with E-state index in [-0.39, 0.29) is 24.2 Å². The molecule has 0 rings (SSSR count). The van der Waals surface area contributed by atoms with Crippen molar-refractivity contribution in [2.24, 2.45) is 0 Å². The molecule has 498 valence electrons. The molecule has 17 nitrogen and oxygen atoms in total. The number of carboxylic acids is 1. The van der Waals surface area contributed by atoms with Crippen LogP contribution >= 0.6 is 0 Å². The number of carbonyl (C=O) groups is 7. The number of nitrogens with zero attached hydrogens (tertiary/aromatic N) is 1. The second-order valence-electron chi connectivity index (χ2n) is 23.8. The van der Waals surface area contributed by atoms with Gasteiger partial charge < -0.3 is 34.4 Å². The van der Waals surface area contributed by atoms with Gasteiger partial charge in [0.1, 0.15) is 25.4 Å². The summed E-state index contributed by atoms with van der Waals surface area (Å²) in [6, 6.07) is 0. The summed E-state index contributed by atoms with van der Waals surface area (Å²) < 4.78 is 52.2. The minimum Gasteiger partial charge on any atom is -0.479 e.